The van der Waals surface area contributed by atoms with Crippen LogP contribution in [-0.4, -0.2) is 155 Å². The predicted octanol–water partition coefficient (Wildman–Crippen LogP) is -3.26. The molecule has 2 amide bonds. The highest BCUT2D eigenvalue weighted by molar-refractivity contribution is 5.87. The average molecular weight is 803 g/mol. The van der Waals surface area contributed by atoms with Gasteiger partial charge >= 0.3 is 5.69 Å². The summed E-state index contributed by atoms with van der Waals surface area (Å²) in [5.41, 5.74) is -1.69. The number of H-pyrrole nitrogens is 1. The zero-order valence-corrected chi connectivity index (χ0v) is 31.7. The number of ether oxygens (including phenoxy) is 4. The van der Waals surface area contributed by atoms with Crippen molar-refractivity contribution in [2.24, 2.45) is 5.92 Å². The van der Waals surface area contributed by atoms with E-state index >= 15 is 0 Å². The number of allylic oxidation sites excluding steroid dienone is 1. The Hall–Kier alpha value is -3.12. The fourth-order valence-electron chi connectivity index (χ4n) is 7.10. The molecule has 0 radical (unpaired) electrons. The number of carbonyl (C=O) groups is 2. The van der Waals surface area contributed by atoms with Gasteiger partial charge in [-0.25, -0.2) is 4.79 Å². The molecular formula is C36H58N4O16. The Morgan fingerprint density at radius 1 is 0.857 bits per heavy atom. The molecule has 1 aromatic heterocycles. The summed E-state index contributed by atoms with van der Waals surface area (Å²) in [5.74, 6) is -0.694. The predicted molar refractivity (Wildman–Crippen MR) is 193 cm³/mol. The zero-order valence-electron chi connectivity index (χ0n) is 31.7. The van der Waals surface area contributed by atoms with Gasteiger partial charge in [-0.2, -0.15) is 0 Å². The number of carbonyl (C=O) groups excluding carboxylic acids is 2. The van der Waals surface area contributed by atoms with Crippen molar-refractivity contribution in [2.75, 3.05) is 6.61 Å². The van der Waals surface area contributed by atoms with Gasteiger partial charge in [-0.1, -0.05) is 52.0 Å². The van der Waals surface area contributed by atoms with Crippen molar-refractivity contribution in [3.63, 3.8) is 0 Å². The number of rotatable bonds is 18. The van der Waals surface area contributed by atoms with E-state index in [0.717, 1.165) is 55.9 Å². The lowest BCUT2D eigenvalue weighted by atomic mass is 9.91. The SMILES string of the molecule is CC(=O)N[C@H]1[C@@H](O[C@@H]2O[C@H](C[C@@H](O)[C@H]3O[C@@H](n4ccc(=O)[nH]c4=O)[C@H](O)[C@@H]3O)[C@H](O)[C@H](O)[C@H]2NC(=O)/C=C\CCCCCCCC(C)C)O[C@H](CO)[C@@H](O)[C@@H]1O. The van der Waals surface area contributed by atoms with Crippen LogP contribution in [0.25, 0.3) is 0 Å². The second-order valence-corrected chi connectivity index (χ2v) is 15.1. The molecule has 0 aromatic carbocycles. The first-order chi connectivity index (χ1) is 26.5. The average Bonchev–Trinajstić information content (AvgIpc) is 3.43. The summed E-state index contributed by atoms with van der Waals surface area (Å²) in [6, 6.07) is -2.01. The quantitative estimate of drug-likeness (QED) is 0.0513. The topological polar surface area (TPSA) is 312 Å². The molecule has 3 aliphatic heterocycles. The number of aliphatic hydroxyl groups is 8. The first kappa shape index (κ1) is 45.6. The summed E-state index contributed by atoms with van der Waals surface area (Å²) in [4.78, 5) is 51.0. The van der Waals surface area contributed by atoms with Crippen molar-refractivity contribution in [1.29, 1.82) is 0 Å². The molecule has 20 heteroatoms. The molecule has 11 N–H and O–H groups in total. The molecule has 3 fully saturated rings. The maximum Gasteiger partial charge on any atom is 0.330 e. The van der Waals surface area contributed by atoms with Crippen molar-refractivity contribution in [3.05, 3.63) is 45.3 Å². The summed E-state index contributed by atoms with van der Waals surface area (Å²) >= 11 is 0. The van der Waals surface area contributed by atoms with Crippen LogP contribution in [-0.2, 0) is 28.5 Å². The Kier molecular flexibility index (Phi) is 17.1. The molecule has 1 aromatic rings. The highest BCUT2D eigenvalue weighted by Crippen LogP contribution is 2.34. The van der Waals surface area contributed by atoms with Gasteiger partial charge in [0.2, 0.25) is 11.8 Å². The third kappa shape index (κ3) is 11.7. The minimum atomic E-state index is -1.85. The van der Waals surface area contributed by atoms with E-state index < -0.39 is 128 Å². The fraction of sp³-hybridized carbons (Fsp3) is 0.778. The summed E-state index contributed by atoms with van der Waals surface area (Å²) in [6.07, 6.45) is -11.5. The number of amides is 2. The van der Waals surface area contributed by atoms with Gasteiger partial charge in [0, 0.05) is 25.6 Å². The van der Waals surface area contributed by atoms with Crippen molar-refractivity contribution < 1.29 is 69.4 Å². The Labute approximate surface area is 323 Å². The fourth-order valence-corrected chi connectivity index (χ4v) is 7.10. The van der Waals surface area contributed by atoms with Crippen molar-refractivity contribution in [3.8, 4) is 0 Å². The van der Waals surface area contributed by atoms with Crippen LogP contribution in [0.1, 0.15) is 78.4 Å². The van der Waals surface area contributed by atoms with Crippen LogP contribution < -0.4 is 21.9 Å². The Bertz CT molecular complexity index is 1560. The van der Waals surface area contributed by atoms with Gasteiger partial charge in [-0.3, -0.25) is 23.9 Å². The van der Waals surface area contributed by atoms with Crippen LogP contribution in [0.5, 0.6) is 0 Å². The minimum Gasteiger partial charge on any atom is -0.394 e. The van der Waals surface area contributed by atoms with Gasteiger partial charge in [0.25, 0.3) is 5.56 Å². The van der Waals surface area contributed by atoms with Crippen LogP contribution in [0.15, 0.2) is 34.0 Å². The van der Waals surface area contributed by atoms with Gasteiger partial charge in [-0.15, -0.1) is 0 Å². The molecular weight excluding hydrogens is 744 g/mol. The number of aliphatic hydroxyl groups excluding tert-OH is 8. The summed E-state index contributed by atoms with van der Waals surface area (Å²) < 4.78 is 24.1. The van der Waals surface area contributed by atoms with E-state index in [2.05, 4.69) is 24.5 Å². The third-order valence-electron chi connectivity index (χ3n) is 10.2. The van der Waals surface area contributed by atoms with Crippen molar-refractivity contribution in [2.45, 2.75) is 164 Å². The van der Waals surface area contributed by atoms with E-state index in [0.29, 0.717) is 12.3 Å². The molecule has 56 heavy (non-hydrogen) atoms. The number of unbranched alkanes of at least 4 members (excludes halogenated alkanes) is 5. The van der Waals surface area contributed by atoms with E-state index in [1.165, 1.54) is 12.5 Å². The molecule has 15 atom stereocenters. The summed E-state index contributed by atoms with van der Waals surface area (Å²) in [6.45, 7) is 4.72. The first-order valence-electron chi connectivity index (χ1n) is 19.1. The number of nitrogens with one attached hydrogen (secondary N) is 3. The lowest BCUT2D eigenvalue weighted by Crippen LogP contribution is -2.68. The molecule has 0 bridgehead atoms. The van der Waals surface area contributed by atoms with Crippen LogP contribution in [0, 0.1) is 5.92 Å². The minimum absolute atomic E-state index is 0.598. The van der Waals surface area contributed by atoms with Gasteiger partial charge in [0.05, 0.1) is 18.8 Å². The van der Waals surface area contributed by atoms with E-state index in [9.17, 15) is 60.0 Å². The third-order valence-corrected chi connectivity index (χ3v) is 10.2. The van der Waals surface area contributed by atoms with Crippen molar-refractivity contribution in [1.82, 2.24) is 20.2 Å². The molecule has 4 rings (SSSR count). The van der Waals surface area contributed by atoms with Crippen LogP contribution in [0.3, 0.4) is 0 Å². The number of aromatic amines is 1. The van der Waals surface area contributed by atoms with E-state index in [1.807, 2.05) is 4.98 Å². The van der Waals surface area contributed by atoms with Gasteiger partial charge in [0.15, 0.2) is 18.8 Å². The Balaban J connectivity index is 1.50. The molecule has 0 aliphatic carbocycles. The van der Waals surface area contributed by atoms with E-state index in [1.54, 1.807) is 6.08 Å². The van der Waals surface area contributed by atoms with Crippen LogP contribution >= 0.6 is 0 Å². The second kappa shape index (κ2) is 21.0. The maximum atomic E-state index is 13.1. The summed E-state index contributed by atoms with van der Waals surface area (Å²) in [7, 11) is 0. The van der Waals surface area contributed by atoms with Gasteiger partial charge in [0.1, 0.15) is 60.9 Å². The number of hydrogen-bond acceptors (Lipinski definition) is 16. The Morgan fingerprint density at radius 3 is 2.09 bits per heavy atom. The first-order valence-corrected chi connectivity index (χ1v) is 19.1. The van der Waals surface area contributed by atoms with Crippen LogP contribution in [0.4, 0.5) is 0 Å². The second-order valence-electron chi connectivity index (χ2n) is 15.1. The molecule has 318 valence electrons. The zero-order chi connectivity index (χ0) is 41.3. The number of nitrogens with zero attached hydrogens (tertiary/aromatic N) is 1. The molecule has 0 saturated carbocycles. The van der Waals surface area contributed by atoms with Crippen LogP contribution in [0.2, 0.25) is 0 Å². The number of hydrogen-bond donors (Lipinski definition) is 11. The van der Waals surface area contributed by atoms with Gasteiger partial charge in [-0.05, 0) is 24.8 Å². The van der Waals surface area contributed by atoms with Crippen molar-refractivity contribution >= 4 is 11.8 Å². The number of aromatic nitrogens is 2. The maximum absolute atomic E-state index is 13.1. The van der Waals surface area contributed by atoms with E-state index in [-0.39, 0.29) is 0 Å². The van der Waals surface area contributed by atoms with Gasteiger partial charge < -0.3 is 70.4 Å². The molecule has 3 saturated heterocycles. The highest BCUT2D eigenvalue weighted by atomic mass is 16.8. The highest BCUT2D eigenvalue weighted by Gasteiger charge is 2.53. The molecule has 20 nitrogen and oxygen atoms in total. The normalized spacial score (nSPS) is 35.5. The Morgan fingerprint density at radius 2 is 1.46 bits per heavy atom. The van der Waals surface area contributed by atoms with E-state index in [4.69, 9.17) is 18.9 Å². The molecule has 4 heterocycles. The lowest BCUT2D eigenvalue weighted by molar-refractivity contribution is -0.346. The monoisotopic (exact) mass is 802 g/mol. The summed E-state index contributed by atoms with van der Waals surface area (Å²) in [5, 5.41) is 91.2. The largest absolute Gasteiger partial charge is 0.394 e. The lowest BCUT2D eigenvalue weighted by Gasteiger charge is -2.47. The molecule has 0 unspecified atom stereocenters. The smallest absolute Gasteiger partial charge is 0.330 e. The standard InChI is InChI=1S/C36H58N4O16/c1-17(2)11-9-7-5-4-6-8-10-12-22(44)38-25-29(49)26(46)20(53-35(25)56-34-24(37-18(3)42)28(48)27(47)21(16-41)54-34)15-19(43)32-30(50)31(51)33(55-32)40-14-13-23(45)39-36(40)52/h10,12-14,17,19-21,24-35,41,43,46-51H,4-9,11,15-16H2,1-3H3,(H,37,42)(H,38,44)(H,39,45,52)/b12-10-/t19-,20-,21-,24-,25-,26+,27-,28-,29-,30+,31-,32-,33-,34-,35+/m1/s1. The molecule has 3 aliphatic rings. The molecule has 0 spiro atoms.